The van der Waals surface area contributed by atoms with Gasteiger partial charge >= 0.3 is 0 Å². The summed E-state index contributed by atoms with van der Waals surface area (Å²) in [5.74, 6) is 1.87. The van der Waals surface area contributed by atoms with E-state index in [1.165, 1.54) is 19.3 Å². The molecule has 3 rings (SSSR count). The van der Waals surface area contributed by atoms with Crippen molar-refractivity contribution in [3.63, 3.8) is 0 Å². The molecule has 1 unspecified atom stereocenters. The minimum Gasteiger partial charge on any atom is -0.495 e. The molecule has 1 N–H and O–H groups in total. The normalized spacial score (nSPS) is 16.0. The molecule has 1 aliphatic rings. The highest BCUT2D eigenvalue weighted by Crippen LogP contribution is 2.27. The lowest BCUT2D eigenvalue weighted by molar-refractivity contribution is 0.406. The number of hydrogen-bond donors (Lipinski definition) is 1. The highest BCUT2D eigenvalue weighted by atomic mass is 16.5. The van der Waals surface area contributed by atoms with Crippen LogP contribution in [0.4, 0.5) is 11.5 Å². The molecule has 3 heterocycles. The Bertz CT molecular complexity index is 623. The van der Waals surface area contributed by atoms with Gasteiger partial charge < -0.3 is 15.0 Å². The Morgan fingerprint density at radius 3 is 2.65 bits per heavy atom. The monoisotopic (exact) mass is 312 g/mol. The molecule has 1 fully saturated rings. The molecule has 1 saturated heterocycles. The van der Waals surface area contributed by atoms with E-state index in [-0.39, 0.29) is 6.04 Å². The van der Waals surface area contributed by atoms with Crippen LogP contribution in [0.5, 0.6) is 5.75 Å². The molecule has 1 aliphatic heterocycles. The third-order valence-corrected chi connectivity index (χ3v) is 4.31. The molecule has 0 bridgehead atoms. The second kappa shape index (κ2) is 7.31. The van der Waals surface area contributed by atoms with E-state index >= 15 is 0 Å². The first-order valence-electron chi connectivity index (χ1n) is 8.23. The molecule has 1 atom stereocenters. The van der Waals surface area contributed by atoms with Crippen molar-refractivity contribution in [2.45, 2.75) is 32.2 Å². The van der Waals surface area contributed by atoms with Gasteiger partial charge in [-0.2, -0.15) is 0 Å². The lowest BCUT2D eigenvalue weighted by atomic mass is 10.1. The van der Waals surface area contributed by atoms with Gasteiger partial charge in [0.25, 0.3) is 0 Å². The number of anilines is 2. The highest BCUT2D eigenvalue weighted by Gasteiger charge is 2.13. The van der Waals surface area contributed by atoms with Crippen molar-refractivity contribution in [1.82, 2.24) is 9.97 Å². The van der Waals surface area contributed by atoms with Crippen molar-refractivity contribution in [1.29, 1.82) is 0 Å². The minimum absolute atomic E-state index is 0.121. The van der Waals surface area contributed by atoms with Gasteiger partial charge in [-0.15, -0.1) is 0 Å². The van der Waals surface area contributed by atoms with Gasteiger partial charge in [0, 0.05) is 24.8 Å². The maximum absolute atomic E-state index is 5.38. The van der Waals surface area contributed by atoms with E-state index in [1.54, 1.807) is 19.5 Å². The zero-order valence-corrected chi connectivity index (χ0v) is 13.8. The maximum atomic E-state index is 5.38. The Morgan fingerprint density at radius 2 is 1.96 bits per heavy atom. The molecular formula is C18H24N4O. The van der Waals surface area contributed by atoms with Gasteiger partial charge in [-0.3, -0.25) is 4.98 Å². The van der Waals surface area contributed by atoms with Crippen LogP contribution in [0.1, 0.15) is 37.8 Å². The fourth-order valence-corrected chi connectivity index (χ4v) is 3.03. The number of nitrogens with zero attached hydrogens (tertiary/aromatic N) is 3. The van der Waals surface area contributed by atoms with E-state index in [2.05, 4.69) is 39.2 Å². The van der Waals surface area contributed by atoms with E-state index in [0.29, 0.717) is 0 Å². The Morgan fingerprint density at radius 1 is 1.13 bits per heavy atom. The van der Waals surface area contributed by atoms with Crippen LogP contribution in [0, 0.1) is 0 Å². The summed E-state index contributed by atoms with van der Waals surface area (Å²) < 4.78 is 5.38. The number of pyridine rings is 2. The summed E-state index contributed by atoms with van der Waals surface area (Å²) in [6.07, 6.45) is 9.30. The Balaban J connectivity index is 1.68. The van der Waals surface area contributed by atoms with Crippen molar-refractivity contribution in [2.24, 2.45) is 0 Å². The summed E-state index contributed by atoms with van der Waals surface area (Å²) in [5, 5.41) is 3.47. The number of aromatic nitrogens is 2. The predicted molar refractivity (Wildman–Crippen MR) is 93.1 cm³/mol. The molecule has 0 amide bonds. The number of ether oxygens (including phenoxy) is 1. The second-order valence-corrected chi connectivity index (χ2v) is 5.94. The van der Waals surface area contributed by atoms with E-state index in [1.807, 2.05) is 12.3 Å². The van der Waals surface area contributed by atoms with Crippen molar-refractivity contribution >= 4 is 11.5 Å². The zero-order chi connectivity index (χ0) is 16.1. The number of piperidine rings is 1. The van der Waals surface area contributed by atoms with Crippen LogP contribution in [0.3, 0.4) is 0 Å². The van der Waals surface area contributed by atoms with Crippen molar-refractivity contribution in [2.75, 3.05) is 30.4 Å². The molecule has 23 heavy (non-hydrogen) atoms. The van der Waals surface area contributed by atoms with Crippen molar-refractivity contribution in [3.05, 3.63) is 42.4 Å². The molecule has 5 nitrogen and oxygen atoms in total. The van der Waals surface area contributed by atoms with Crippen LogP contribution in [0.25, 0.3) is 0 Å². The molecule has 2 aromatic heterocycles. The molecule has 0 aromatic carbocycles. The van der Waals surface area contributed by atoms with Crippen LogP contribution in [0.2, 0.25) is 0 Å². The number of nitrogens with one attached hydrogen (secondary N) is 1. The summed E-state index contributed by atoms with van der Waals surface area (Å²) in [7, 11) is 1.67. The third kappa shape index (κ3) is 3.73. The van der Waals surface area contributed by atoms with Crippen molar-refractivity contribution < 1.29 is 4.74 Å². The Hall–Kier alpha value is -2.30. The molecule has 0 radical (unpaired) electrons. The summed E-state index contributed by atoms with van der Waals surface area (Å²) in [4.78, 5) is 11.1. The average molecular weight is 312 g/mol. The molecule has 122 valence electrons. The molecule has 0 aliphatic carbocycles. The first-order valence-corrected chi connectivity index (χ1v) is 8.23. The SMILES string of the molecule is COc1cnccc1C(C)Nc1ccc(N2CCCCC2)nc1. The van der Waals surface area contributed by atoms with Crippen molar-refractivity contribution in [3.8, 4) is 5.75 Å². The van der Waals surface area contributed by atoms with Gasteiger partial charge in [-0.05, 0) is 44.4 Å². The summed E-state index contributed by atoms with van der Waals surface area (Å²) >= 11 is 0. The largest absolute Gasteiger partial charge is 0.495 e. The van der Waals surface area contributed by atoms with E-state index < -0.39 is 0 Å². The zero-order valence-electron chi connectivity index (χ0n) is 13.8. The third-order valence-electron chi connectivity index (χ3n) is 4.31. The Labute approximate surface area is 137 Å². The molecule has 0 spiro atoms. The van der Waals surface area contributed by atoms with Crippen LogP contribution in [-0.4, -0.2) is 30.2 Å². The first-order chi connectivity index (χ1) is 11.3. The maximum Gasteiger partial charge on any atom is 0.142 e. The lowest BCUT2D eigenvalue weighted by Crippen LogP contribution is -2.30. The van der Waals surface area contributed by atoms with Gasteiger partial charge in [0.1, 0.15) is 11.6 Å². The van der Waals surface area contributed by atoms with Crippen LogP contribution in [-0.2, 0) is 0 Å². The van der Waals surface area contributed by atoms with Crippen LogP contribution in [0.15, 0.2) is 36.8 Å². The number of rotatable bonds is 5. The molecule has 0 saturated carbocycles. The standard InChI is InChI=1S/C18H24N4O/c1-14(16-8-9-19-13-17(16)23-2)21-15-6-7-18(20-12-15)22-10-4-3-5-11-22/h6-9,12-14,21H,3-5,10-11H2,1-2H3. The van der Waals surface area contributed by atoms with Crippen LogP contribution < -0.4 is 15.0 Å². The summed E-state index contributed by atoms with van der Waals surface area (Å²) in [5.41, 5.74) is 2.10. The number of hydrogen-bond acceptors (Lipinski definition) is 5. The molecule has 5 heteroatoms. The minimum atomic E-state index is 0.121. The topological polar surface area (TPSA) is 50.3 Å². The lowest BCUT2D eigenvalue weighted by Gasteiger charge is -2.27. The van der Waals surface area contributed by atoms with Gasteiger partial charge in [0.2, 0.25) is 0 Å². The van der Waals surface area contributed by atoms with Crippen LogP contribution >= 0.6 is 0 Å². The average Bonchev–Trinajstić information content (AvgIpc) is 2.63. The highest BCUT2D eigenvalue weighted by molar-refractivity contribution is 5.50. The fraction of sp³-hybridized carbons (Fsp3) is 0.444. The molecular weight excluding hydrogens is 288 g/mol. The first kappa shape index (κ1) is 15.6. The Kier molecular flexibility index (Phi) is 4.95. The van der Waals surface area contributed by atoms with Gasteiger partial charge in [0.15, 0.2) is 0 Å². The molecule has 2 aromatic rings. The van der Waals surface area contributed by atoms with Gasteiger partial charge in [0.05, 0.1) is 31.2 Å². The van der Waals surface area contributed by atoms with E-state index in [9.17, 15) is 0 Å². The van der Waals surface area contributed by atoms with Gasteiger partial charge in [-0.25, -0.2) is 4.98 Å². The van der Waals surface area contributed by atoms with Gasteiger partial charge in [-0.1, -0.05) is 0 Å². The summed E-state index contributed by atoms with van der Waals surface area (Å²) in [6.45, 7) is 4.34. The smallest absolute Gasteiger partial charge is 0.142 e. The quantitative estimate of drug-likeness (QED) is 0.913. The van der Waals surface area contributed by atoms with E-state index in [0.717, 1.165) is 35.9 Å². The van der Waals surface area contributed by atoms with E-state index in [4.69, 9.17) is 4.74 Å². The predicted octanol–water partition coefficient (Wildman–Crippen LogP) is 3.65. The fourth-order valence-electron chi connectivity index (χ4n) is 3.03. The number of methoxy groups -OCH3 is 1. The summed E-state index contributed by atoms with van der Waals surface area (Å²) in [6, 6.07) is 6.30. The second-order valence-electron chi connectivity index (χ2n) is 5.94.